The number of halogens is 1. The first kappa shape index (κ1) is 14.9. The molecule has 0 bridgehead atoms. The lowest BCUT2D eigenvalue weighted by molar-refractivity contribution is 0.429. The Bertz CT molecular complexity index is 749. The fourth-order valence-corrected chi connectivity index (χ4v) is 2.10. The molecule has 21 heavy (non-hydrogen) atoms. The van der Waals surface area contributed by atoms with Crippen molar-refractivity contribution in [3.8, 4) is 17.3 Å². The smallest absolute Gasteiger partial charge is 0.269 e. The highest BCUT2D eigenvalue weighted by Gasteiger charge is 2.17. The van der Waals surface area contributed by atoms with Crippen molar-refractivity contribution in [1.82, 2.24) is 4.57 Å². The first-order valence-electron chi connectivity index (χ1n) is 6.50. The zero-order valence-electron chi connectivity index (χ0n) is 11.9. The highest BCUT2D eigenvalue weighted by molar-refractivity contribution is 5.60. The molecule has 0 spiro atoms. The van der Waals surface area contributed by atoms with E-state index in [0.717, 1.165) is 0 Å². The average Bonchev–Trinajstić information content (AvgIpc) is 2.41. The predicted molar refractivity (Wildman–Crippen MR) is 79.1 cm³/mol. The number of rotatable bonds is 3. The van der Waals surface area contributed by atoms with Gasteiger partial charge in [-0.3, -0.25) is 4.79 Å². The molecule has 2 aromatic rings. The zero-order valence-corrected chi connectivity index (χ0v) is 11.9. The summed E-state index contributed by atoms with van der Waals surface area (Å²) in [6.45, 7) is 3.86. The van der Waals surface area contributed by atoms with Gasteiger partial charge in [0.2, 0.25) is 0 Å². The molecule has 0 amide bonds. The molecule has 0 unspecified atom stereocenters. The van der Waals surface area contributed by atoms with E-state index in [0.29, 0.717) is 11.3 Å². The third-order valence-corrected chi connectivity index (χ3v) is 3.00. The van der Waals surface area contributed by atoms with Crippen LogP contribution in [-0.4, -0.2) is 10.1 Å². The van der Waals surface area contributed by atoms with E-state index in [1.807, 2.05) is 6.07 Å². The van der Waals surface area contributed by atoms with E-state index in [-0.39, 0.29) is 17.9 Å². The van der Waals surface area contributed by atoms with Crippen LogP contribution in [0.3, 0.4) is 0 Å². The summed E-state index contributed by atoms with van der Waals surface area (Å²) in [5.74, 6) is -0.347. The molecule has 5 heteroatoms. The lowest BCUT2D eigenvalue weighted by Gasteiger charge is -2.23. The highest BCUT2D eigenvalue weighted by Crippen LogP contribution is 2.20. The largest absolute Gasteiger partial charge is 0.324 e. The molecule has 108 valence electrons. The van der Waals surface area contributed by atoms with Crippen LogP contribution >= 0.6 is 0 Å². The lowest BCUT2D eigenvalue weighted by Crippen LogP contribution is -2.41. The number of hydrogen-bond donors (Lipinski definition) is 1. The van der Waals surface area contributed by atoms with Gasteiger partial charge in [0.25, 0.3) is 5.56 Å². The Kier molecular flexibility index (Phi) is 3.92. The summed E-state index contributed by atoms with van der Waals surface area (Å²) < 4.78 is 14.5. The molecule has 0 saturated carbocycles. The fourth-order valence-electron chi connectivity index (χ4n) is 2.10. The summed E-state index contributed by atoms with van der Waals surface area (Å²) in [6.07, 6.45) is 0. The molecule has 1 heterocycles. The molecule has 4 nitrogen and oxygen atoms in total. The van der Waals surface area contributed by atoms with Crippen LogP contribution in [0, 0.1) is 17.1 Å². The number of aromatic nitrogens is 1. The normalized spacial score (nSPS) is 11.2. The van der Waals surface area contributed by atoms with Gasteiger partial charge in [-0.2, -0.15) is 5.26 Å². The number of benzene rings is 1. The van der Waals surface area contributed by atoms with Crippen molar-refractivity contribution in [3.63, 3.8) is 0 Å². The molecule has 0 radical (unpaired) electrons. The van der Waals surface area contributed by atoms with E-state index in [1.54, 1.807) is 32.0 Å². The van der Waals surface area contributed by atoms with Gasteiger partial charge in [-0.1, -0.05) is 0 Å². The molecular formula is C16H16FN3O. The van der Waals surface area contributed by atoms with E-state index < -0.39 is 11.1 Å². The minimum absolute atomic E-state index is 0.0603. The topological polar surface area (TPSA) is 71.8 Å². The number of nitrogens with two attached hydrogens (primary N) is 1. The highest BCUT2D eigenvalue weighted by atomic mass is 19.1. The second kappa shape index (κ2) is 5.51. The third kappa shape index (κ3) is 3.36. The van der Waals surface area contributed by atoms with Crippen LogP contribution in [0.25, 0.3) is 11.3 Å². The van der Waals surface area contributed by atoms with Crippen LogP contribution in [0.4, 0.5) is 4.39 Å². The Morgan fingerprint density at radius 3 is 2.38 bits per heavy atom. The van der Waals surface area contributed by atoms with E-state index in [1.165, 1.54) is 22.8 Å². The van der Waals surface area contributed by atoms with Gasteiger partial charge < -0.3 is 10.3 Å². The molecule has 2 N–H and O–H groups in total. The molecule has 0 atom stereocenters. The molecule has 0 saturated heterocycles. The van der Waals surface area contributed by atoms with Crippen molar-refractivity contribution in [3.05, 3.63) is 58.1 Å². The van der Waals surface area contributed by atoms with Gasteiger partial charge in [0, 0.05) is 12.1 Å². The number of hydrogen-bond acceptors (Lipinski definition) is 3. The van der Waals surface area contributed by atoms with Gasteiger partial charge in [-0.25, -0.2) is 4.39 Å². The van der Waals surface area contributed by atoms with Gasteiger partial charge in [-0.15, -0.1) is 0 Å². The van der Waals surface area contributed by atoms with Gasteiger partial charge in [0.1, 0.15) is 17.4 Å². The van der Waals surface area contributed by atoms with Crippen LogP contribution in [0.15, 0.2) is 41.2 Å². The van der Waals surface area contributed by atoms with Crippen LogP contribution in [0.5, 0.6) is 0 Å². The standard InChI is InChI=1S/C16H16FN3O/c1-16(2,19)10-20-14(8-5-12(9-18)15(20)21)11-3-6-13(17)7-4-11/h3-8H,10,19H2,1-2H3. The van der Waals surface area contributed by atoms with Crippen molar-refractivity contribution < 1.29 is 4.39 Å². The third-order valence-electron chi connectivity index (χ3n) is 3.00. The van der Waals surface area contributed by atoms with Crippen molar-refractivity contribution in [1.29, 1.82) is 5.26 Å². The molecule has 0 aliphatic heterocycles. The monoisotopic (exact) mass is 285 g/mol. The van der Waals surface area contributed by atoms with Crippen LogP contribution in [-0.2, 0) is 6.54 Å². The first-order chi connectivity index (χ1) is 9.81. The predicted octanol–water partition coefficient (Wildman–Crippen LogP) is 2.26. The van der Waals surface area contributed by atoms with Crippen LogP contribution in [0.1, 0.15) is 19.4 Å². The maximum Gasteiger partial charge on any atom is 0.269 e. The van der Waals surface area contributed by atoms with Crippen molar-refractivity contribution in [2.45, 2.75) is 25.9 Å². The summed E-state index contributed by atoms with van der Waals surface area (Å²) >= 11 is 0. The first-order valence-corrected chi connectivity index (χ1v) is 6.50. The van der Waals surface area contributed by atoms with Gasteiger partial charge in [-0.05, 0) is 55.8 Å². The van der Waals surface area contributed by atoms with Crippen molar-refractivity contribution in [2.24, 2.45) is 5.73 Å². The second-order valence-corrected chi connectivity index (χ2v) is 5.63. The molecule has 0 aliphatic rings. The molecule has 1 aromatic carbocycles. The molecule has 1 aromatic heterocycles. The Balaban J connectivity index is 2.66. The summed E-state index contributed by atoms with van der Waals surface area (Å²) in [6, 6.07) is 10.9. The zero-order chi connectivity index (χ0) is 15.6. The Morgan fingerprint density at radius 1 is 1.24 bits per heavy atom. The van der Waals surface area contributed by atoms with Gasteiger partial charge in [0.15, 0.2) is 0 Å². The molecule has 0 fully saturated rings. The molecule has 2 rings (SSSR count). The van der Waals surface area contributed by atoms with Gasteiger partial charge >= 0.3 is 0 Å². The minimum atomic E-state index is -0.618. The number of pyridine rings is 1. The minimum Gasteiger partial charge on any atom is -0.324 e. The average molecular weight is 285 g/mol. The molecule has 0 aliphatic carbocycles. The van der Waals surface area contributed by atoms with E-state index >= 15 is 0 Å². The number of nitriles is 1. The molecular weight excluding hydrogens is 269 g/mol. The Morgan fingerprint density at radius 2 is 1.86 bits per heavy atom. The van der Waals surface area contributed by atoms with E-state index in [9.17, 15) is 9.18 Å². The number of nitrogens with zero attached hydrogens (tertiary/aromatic N) is 2. The van der Waals surface area contributed by atoms with Crippen molar-refractivity contribution >= 4 is 0 Å². The maximum atomic E-state index is 13.0. The second-order valence-electron chi connectivity index (χ2n) is 5.63. The Hall–Kier alpha value is -2.45. The summed E-state index contributed by atoms with van der Waals surface area (Å²) in [4.78, 5) is 12.3. The SMILES string of the molecule is CC(C)(N)Cn1c(-c2ccc(F)cc2)ccc(C#N)c1=O. The van der Waals surface area contributed by atoms with E-state index in [4.69, 9.17) is 11.0 Å². The maximum absolute atomic E-state index is 13.0. The van der Waals surface area contributed by atoms with E-state index in [2.05, 4.69) is 0 Å². The van der Waals surface area contributed by atoms with Crippen LogP contribution in [0.2, 0.25) is 0 Å². The fraction of sp³-hybridized carbons (Fsp3) is 0.250. The Labute approximate surface area is 122 Å². The lowest BCUT2D eigenvalue weighted by atomic mass is 10.0. The summed E-state index contributed by atoms with van der Waals surface area (Å²) in [5.41, 5.74) is 6.35. The summed E-state index contributed by atoms with van der Waals surface area (Å²) in [5, 5.41) is 8.99. The van der Waals surface area contributed by atoms with Gasteiger partial charge in [0.05, 0.1) is 5.69 Å². The van der Waals surface area contributed by atoms with Crippen molar-refractivity contribution in [2.75, 3.05) is 0 Å². The van der Waals surface area contributed by atoms with Crippen LogP contribution < -0.4 is 11.3 Å². The summed E-state index contributed by atoms with van der Waals surface area (Å²) in [7, 11) is 0. The quantitative estimate of drug-likeness (QED) is 0.940.